The average molecular weight is 341 g/mol. The number of benzene rings is 1. The van der Waals surface area contributed by atoms with Gasteiger partial charge in [0.25, 0.3) is 0 Å². The van der Waals surface area contributed by atoms with Crippen LogP contribution in [0.4, 0.5) is 0 Å². The molecule has 0 spiro atoms. The first-order valence-corrected chi connectivity index (χ1v) is 8.28. The smallest absolute Gasteiger partial charge is 0.0999 e. The van der Waals surface area contributed by atoms with E-state index in [4.69, 9.17) is 16.3 Å². The maximum atomic E-state index is 6.06. The Morgan fingerprint density at radius 1 is 0.917 bits per heavy atom. The lowest BCUT2D eigenvalue weighted by atomic mass is 10.0. The van der Waals surface area contributed by atoms with Crippen molar-refractivity contribution in [3.8, 4) is 22.4 Å². The summed E-state index contributed by atoms with van der Waals surface area (Å²) in [6.07, 6.45) is 5.51. The van der Waals surface area contributed by atoms with E-state index in [2.05, 4.69) is 15.1 Å². The molecule has 0 radical (unpaired) electrons. The lowest BCUT2D eigenvalue weighted by molar-refractivity contribution is 0.109. The highest BCUT2D eigenvalue weighted by molar-refractivity contribution is 6.30. The first-order valence-electron chi connectivity index (χ1n) is 7.90. The van der Waals surface area contributed by atoms with Crippen molar-refractivity contribution in [3.63, 3.8) is 0 Å². The lowest BCUT2D eigenvalue weighted by Crippen LogP contribution is -2.44. The maximum Gasteiger partial charge on any atom is 0.0999 e. The molecule has 3 heterocycles. The highest BCUT2D eigenvalue weighted by Gasteiger charge is 2.20. The molecule has 0 unspecified atom stereocenters. The molecule has 0 bridgehead atoms. The van der Waals surface area contributed by atoms with Gasteiger partial charge < -0.3 is 4.74 Å². The second-order valence-electron chi connectivity index (χ2n) is 5.61. The van der Waals surface area contributed by atoms with Crippen molar-refractivity contribution in [1.82, 2.24) is 14.9 Å². The van der Waals surface area contributed by atoms with Gasteiger partial charge in [-0.25, -0.2) is 0 Å². The summed E-state index contributed by atoms with van der Waals surface area (Å²) in [5.41, 5.74) is 4.30. The predicted molar refractivity (Wildman–Crippen MR) is 94.7 cm³/mol. The van der Waals surface area contributed by atoms with Gasteiger partial charge in [-0.3, -0.25) is 9.99 Å². The van der Waals surface area contributed by atoms with Gasteiger partial charge in [-0.1, -0.05) is 23.7 Å². The summed E-state index contributed by atoms with van der Waals surface area (Å²) in [4.78, 5) is 6.10. The highest BCUT2D eigenvalue weighted by atomic mass is 35.5. The molecule has 1 saturated heterocycles. The number of nitrogens with zero attached hydrogens (tertiary/aromatic N) is 4. The van der Waals surface area contributed by atoms with Gasteiger partial charge in [-0.2, -0.15) is 9.89 Å². The molecule has 0 N–H and O–H groups in total. The zero-order chi connectivity index (χ0) is 16.4. The fraction of sp³-hybridized carbons (Fsp3) is 0.222. The first-order chi connectivity index (χ1) is 11.8. The van der Waals surface area contributed by atoms with Crippen molar-refractivity contribution in [1.29, 1.82) is 0 Å². The van der Waals surface area contributed by atoms with Gasteiger partial charge in [0, 0.05) is 28.5 Å². The standard InChI is InChI=1S/C18H17ClN4O/c19-16-3-1-15(2-4-16)18-17(14-5-7-20-8-6-14)13-21-23(18)22-9-11-24-12-10-22/h1-8,13H,9-12H2. The van der Waals surface area contributed by atoms with E-state index in [-0.39, 0.29) is 0 Å². The molecule has 6 heteroatoms. The molecule has 24 heavy (non-hydrogen) atoms. The quantitative estimate of drug-likeness (QED) is 0.734. The van der Waals surface area contributed by atoms with Crippen molar-refractivity contribution in [2.45, 2.75) is 0 Å². The number of ether oxygens (including phenoxy) is 1. The molecule has 0 aliphatic carbocycles. The normalized spacial score (nSPS) is 14.8. The number of hydrogen-bond donors (Lipinski definition) is 0. The van der Waals surface area contributed by atoms with E-state index < -0.39 is 0 Å². The minimum absolute atomic E-state index is 0.713. The van der Waals surface area contributed by atoms with Crippen molar-refractivity contribution in [2.75, 3.05) is 31.3 Å². The Morgan fingerprint density at radius 2 is 1.62 bits per heavy atom. The lowest BCUT2D eigenvalue weighted by Gasteiger charge is -2.30. The van der Waals surface area contributed by atoms with Crippen LogP contribution in [0.5, 0.6) is 0 Å². The van der Waals surface area contributed by atoms with Gasteiger partial charge in [0.2, 0.25) is 0 Å². The van der Waals surface area contributed by atoms with E-state index in [9.17, 15) is 0 Å². The molecule has 1 aromatic carbocycles. The molecule has 0 saturated carbocycles. The molecule has 2 aromatic heterocycles. The molecule has 1 fully saturated rings. The summed E-state index contributed by atoms with van der Waals surface area (Å²) >= 11 is 6.06. The Hall–Kier alpha value is -2.37. The topological polar surface area (TPSA) is 43.2 Å². The third kappa shape index (κ3) is 2.88. The van der Waals surface area contributed by atoms with Gasteiger partial charge in [0.1, 0.15) is 0 Å². The summed E-state index contributed by atoms with van der Waals surface area (Å²) in [5, 5.41) is 7.58. The zero-order valence-electron chi connectivity index (χ0n) is 13.1. The van der Waals surface area contributed by atoms with Crippen LogP contribution in [0.25, 0.3) is 22.4 Å². The molecule has 0 amide bonds. The Morgan fingerprint density at radius 3 is 2.33 bits per heavy atom. The monoisotopic (exact) mass is 340 g/mol. The number of halogens is 1. The fourth-order valence-corrected chi connectivity index (χ4v) is 3.04. The van der Waals surface area contributed by atoms with Crippen LogP contribution < -0.4 is 5.01 Å². The van der Waals surface area contributed by atoms with Crippen molar-refractivity contribution in [3.05, 3.63) is 60.0 Å². The van der Waals surface area contributed by atoms with Gasteiger partial charge in [-0.15, -0.1) is 0 Å². The van der Waals surface area contributed by atoms with Crippen LogP contribution in [0.1, 0.15) is 0 Å². The Labute approximate surface area is 145 Å². The van der Waals surface area contributed by atoms with E-state index >= 15 is 0 Å². The summed E-state index contributed by atoms with van der Waals surface area (Å²) in [6.45, 7) is 3.06. The number of rotatable bonds is 3. The molecule has 1 aliphatic heterocycles. The molecular formula is C18H17ClN4O. The van der Waals surface area contributed by atoms with Gasteiger partial charge in [0.15, 0.2) is 0 Å². The molecular weight excluding hydrogens is 324 g/mol. The van der Waals surface area contributed by atoms with Crippen LogP contribution in [-0.2, 0) is 4.74 Å². The van der Waals surface area contributed by atoms with Crippen LogP contribution in [0, 0.1) is 0 Å². The first kappa shape index (κ1) is 15.2. The molecule has 3 aromatic rings. The summed E-state index contributed by atoms with van der Waals surface area (Å²) in [5.74, 6) is 0. The Kier molecular flexibility index (Phi) is 4.19. The van der Waals surface area contributed by atoms with Gasteiger partial charge in [0.05, 0.1) is 38.2 Å². The molecule has 122 valence electrons. The summed E-state index contributed by atoms with van der Waals surface area (Å²) in [7, 11) is 0. The van der Waals surface area contributed by atoms with Gasteiger partial charge >= 0.3 is 0 Å². The van der Waals surface area contributed by atoms with Crippen LogP contribution >= 0.6 is 11.6 Å². The van der Waals surface area contributed by atoms with E-state index in [1.54, 1.807) is 12.4 Å². The highest BCUT2D eigenvalue weighted by Crippen LogP contribution is 2.32. The van der Waals surface area contributed by atoms with E-state index in [1.165, 1.54) is 0 Å². The minimum Gasteiger partial charge on any atom is -0.378 e. The average Bonchev–Trinajstić information content (AvgIpc) is 3.09. The molecule has 5 nitrogen and oxygen atoms in total. The number of morpholine rings is 1. The molecule has 0 atom stereocenters. The second kappa shape index (κ2) is 6.63. The third-order valence-corrected chi connectivity index (χ3v) is 4.37. The largest absolute Gasteiger partial charge is 0.378 e. The van der Waals surface area contributed by atoms with Crippen molar-refractivity contribution >= 4 is 11.6 Å². The van der Waals surface area contributed by atoms with E-state index in [0.29, 0.717) is 13.2 Å². The molecule has 4 rings (SSSR count). The predicted octanol–water partition coefficient (Wildman–Crippen LogP) is 3.23. The third-order valence-electron chi connectivity index (χ3n) is 4.12. The van der Waals surface area contributed by atoms with Crippen molar-refractivity contribution < 1.29 is 4.74 Å². The van der Waals surface area contributed by atoms with Crippen LogP contribution in [0.3, 0.4) is 0 Å². The van der Waals surface area contributed by atoms with Crippen LogP contribution in [0.15, 0.2) is 55.0 Å². The SMILES string of the molecule is Clc1ccc(-c2c(-c3ccncc3)cnn2N2CCOCC2)cc1. The van der Waals surface area contributed by atoms with Crippen molar-refractivity contribution in [2.24, 2.45) is 0 Å². The Balaban J connectivity index is 1.85. The second-order valence-corrected chi connectivity index (χ2v) is 6.04. The molecule has 1 aliphatic rings. The maximum absolute atomic E-state index is 6.06. The summed E-state index contributed by atoms with van der Waals surface area (Å²) in [6, 6.07) is 11.9. The fourth-order valence-electron chi connectivity index (χ4n) is 2.92. The zero-order valence-corrected chi connectivity index (χ0v) is 13.9. The van der Waals surface area contributed by atoms with Crippen LogP contribution in [-0.4, -0.2) is 41.2 Å². The van der Waals surface area contributed by atoms with Crippen LogP contribution in [0.2, 0.25) is 5.02 Å². The van der Waals surface area contributed by atoms with E-state index in [1.807, 2.05) is 47.4 Å². The number of hydrogen-bond acceptors (Lipinski definition) is 4. The van der Waals surface area contributed by atoms with Gasteiger partial charge in [-0.05, 0) is 29.8 Å². The minimum atomic E-state index is 0.713. The number of pyridine rings is 1. The Bertz CT molecular complexity index is 811. The number of aromatic nitrogens is 3. The summed E-state index contributed by atoms with van der Waals surface area (Å²) < 4.78 is 5.47. The van der Waals surface area contributed by atoms with E-state index in [0.717, 1.165) is 40.5 Å².